The Labute approximate surface area is 99.5 Å². The van der Waals surface area contributed by atoms with Crippen LogP contribution in [0.2, 0.25) is 0 Å². The van der Waals surface area contributed by atoms with Crippen LogP contribution in [-0.2, 0) is 10.0 Å². The summed E-state index contributed by atoms with van der Waals surface area (Å²) in [5, 5.41) is 2.61. The number of sulfonamides is 1. The lowest BCUT2D eigenvalue weighted by Gasteiger charge is -2.11. The third kappa shape index (κ3) is 2.99. The molecule has 0 bridgehead atoms. The van der Waals surface area contributed by atoms with E-state index in [9.17, 15) is 12.8 Å². The lowest BCUT2D eigenvalue weighted by atomic mass is 10.2. The Kier molecular flexibility index (Phi) is 3.70. The van der Waals surface area contributed by atoms with Crippen molar-refractivity contribution < 1.29 is 12.8 Å². The van der Waals surface area contributed by atoms with Gasteiger partial charge in [-0.3, -0.25) is 0 Å². The zero-order valence-electron chi connectivity index (χ0n) is 9.19. The molecule has 0 aromatic carbocycles. The van der Waals surface area contributed by atoms with Crippen molar-refractivity contribution in [1.29, 1.82) is 0 Å². The van der Waals surface area contributed by atoms with Crippen molar-refractivity contribution in [3.8, 4) is 0 Å². The summed E-state index contributed by atoms with van der Waals surface area (Å²) in [6.45, 7) is 1.16. The largest absolute Gasteiger partial charge is 0.313 e. The average Bonchev–Trinajstić information content (AvgIpc) is 2.80. The molecule has 1 fully saturated rings. The molecule has 0 aliphatic carbocycles. The molecule has 0 amide bonds. The van der Waals surface area contributed by atoms with E-state index in [1.165, 1.54) is 12.3 Å². The molecule has 1 aliphatic heterocycles. The highest BCUT2D eigenvalue weighted by Crippen LogP contribution is 2.10. The quantitative estimate of drug-likeness (QED) is 0.813. The third-order valence-electron chi connectivity index (χ3n) is 2.66. The minimum atomic E-state index is -3.85. The highest BCUT2D eigenvalue weighted by atomic mass is 32.2. The molecule has 5 nitrogen and oxygen atoms in total. The first-order chi connectivity index (χ1) is 8.09. The van der Waals surface area contributed by atoms with Gasteiger partial charge >= 0.3 is 0 Å². The van der Waals surface area contributed by atoms with Gasteiger partial charge in [-0.1, -0.05) is 0 Å². The van der Waals surface area contributed by atoms with Crippen LogP contribution in [0.3, 0.4) is 0 Å². The van der Waals surface area contributed by atoms with E-state index in [-0.39, 0.29) is 12.6 Å². The van der Waals surface area contributed by atoms with Gasteiger partial charge in [-0.05, 0) is 31.5 Å². The van der Waals surface area contributed by atoms with Crippen LogP contribution < -0.4 is 10.0 Å². The summed E-state index contributed by atoms with van der Waals surface area (Å²) in [6.07, 6.45) is 3.21. The Morgan fingerprint density at radius 2 is 2.41 bits per heavy atom. The van der Waals surface area contributed by atoms with Gasteiger partial charge in [0, 0.05) is 18.8 Å². The van der Waals surface area contributed by atoms with Crippen molar-refractivity contribution in [3.05, 3.63) is 24.1 Å². The van der Waals surface area contributed by atoms with Crippen LogP contribution in [0, 0.1) is 5.82 Å². The molecule has 2 heterocycles. The van der Waals surface area contributed by atoms with Crippen LogP contribution in [0.1, 0.15) is 12.8 Å². The van der Waals surface area contributed by atoms with Crippen LogP contribution in [0.5, 0.6) is 0 Å². The van der Waals surface area contributed by atoms with Crippen LogP contribution >= 0.6 is 0 Å². The normalized spacial score (nSPS) is 20.6. The Bertz CT molecular complexity index is 486. The number of halogens is 1. The minimum Gasteiger partial charge on any atom is -0.313 e. The predicted molar refractivity (Wildman–Crippen MR) is 60.4 cm³/mol. The summed E-state index contributed by atoms with van der Waals surface area (Å²) in [6, 6.07) is 2.55. The van der Waals surface area contributed by atoms with Gasteiger partial charge in [0.05, 0.1) is 0 Å². The highest BCUT2D eigenvalue weighted by molar-refractivity contribution is 7.89. The second kappa shape index (κ2) is 5.07. The summed E-state index contributed by atoms with van der Waals surface area (Å²) in [7, 11) is -3.85. The van der Waals surface area contributed by atoms with Crippen molar-refractivity contribution in [2.45, 2.75) is 23.9 Å². The molecule has 1 aromatic rings. The number of rotatable bonds is 4. The maximum atomic E-state index is 13.3. The molecular weight excluding hydrogens is 245 g/mol. The zero-order valence-corrected chi connectivity index (χ0v) is 10.0. The van der Waals surface area contributed by atoms with E-state index < -0.39 is 20.9 Å². The number of nitrogens with one attached hydrogen (secondary N) is 2. The molecule has 1 saturated heterocycles. The van der Waals surface area contributed by atoms with Gasteiger partial charge in [0.25, 0.3) is 10.0 Å². The van der Waals surface area contributed by atoms with E-state index >= 15 is 0 Å². The molecule has 1 aliphatic rings. The van der Waals surface area contributed by atoms with E-state index in [0.717, 1.165) is 25.5 Å². The first-order valence-electron chi connectivity index (χ1n) is 5.43. The van der Waals surface area contributed by atoms with Crippen LogP contribution in [0.15, 0.2) is 23.4 Å². The molecular formula is C10H14FN3O2S. The van der Waals surface area contributed by atoms with Gasteiger partial charge in [-0.15, -0.1) is 0 Å². The Morgan fingerprint density at radius 3 is 3.06 bits per heavy atom. The smallest absolute Gasteiger partial charge is 0.261 e. The van der Waals surface area contributed by atoms with E-state index in [0.29, 0.717) is 0 Å². The fourth-order valence-electron chi connectivity index (χ4n) is 1.78. The van der Waals surface area contributed by atoms with Gasteiger partial charge in [0.2, 0.25) is 5.03 Å². The highest BCUT2D eigenvalue weighted by Gasteiger charge is 2.22. The third-order valence-corrected chi connectivity index (χ3v) is 4.02. The van der Waals surface area contributed by atoms with Gasteiger partial charge in [0.1, 0.15) is 0 Å². The minimum absolute atomic E-state index is 0.122. The first kappa shape index (κ1) is 12.4. The molecule has 1 unspecified atom stereocenters. The van der Waals surface area contributed by atoms with Crippen LogP contribution in [0.25, 0.3) is 0 Å². The second-order valence-corrected chi connectivity index (χ2v) is 5.62. The van der Waals surface area contributed by atoms with Crippen LogP contribution in [-0.4, -0.2) is 32.5 Å². The van der Waals surface area contributed by atoms with E-state index in [1.54, 1.807) is 0 Å². The van der Waals surface area contributed by atoms with E-state index in [2.05, 4.69) is 15.0 Å². The maximum Gasteiger partial charge on any atom is 0.261 e. The summed E-state index contributed by atoms with van der Waals surface area (Å²) in [4.78, 5) is 3.55. The number of pyridine rings is 1. The fraction of sp³-hybridized carbons (Fsp3) is 0.500. The average molecular weight is 259 g/mol. The molecule has 7 heteroatoms. The molecule has 2 N–H and O–H groups in total. The number of hydrogen-bond donors (Lipinski definition) is 2. The number of nitrogens with zero attached hydrogens (tertiary/aromatic N) is 1. The summed E-state index contributed by atoms with van der Waals surface area (Å²) < 4.78 is 39.2. The summed E-state index contributed by atoms with van der Waals surface area (Å²) in [5.41, 5.74) is 0. The van der Waals surface area contributed by atoms with E-state index in [1.807, 2.05) is 0 Å². The first-order valence-corrected chi connectivity index (χ1v) is 6.91. The Hall–Kier alpha value is -1.05. The standard InChI is InChI=1S/C10H14FN3O2S/c11-9-4-2-6-13-10(9)17(15,16)14-7-8-3-1-5-12-8/h2,4,6,8,12,14H,1,3,5,7H2. The Balaban J connectivity index is 2.06. The van der Waals surface area contributed by atoms with Gasteiger partial charge < -0.3 is 5.32 Å². The van der Waals surface area contributed by atoms with Gasteiger partial charge in [-0.25, -0.2) is 22.5 Å². The van der Waals surface area contributed by atoms with Crippen LogP contribution in [0.4, 0.5) is 4.39 Å². The lowest BCUT2D eigenvalue weighted by Crippen LogP contribution is -2.37. The monoisotopic (exact) mass is 259 g/mol. The Morgan fingerprint density at radius 1 is 1.59 bits per heavy atom. The molecule has 0 saturated carbocycles. The van der Waals surface area contributed by atoms with Crippen molar-refractivity contribution in [2.75, 3.05) is 13.1 Å². The van der Waals surface area contributed by atoms with Gasteiger partial charge in [-0.2, -0.15) is 0 Å². The molecule has 0 spiro atoms. The van der Waals surface area contributed by atoms with Crippen molar-refractivity contribution in [3.63, 3.8) is 0 Å². The predicted octanol–water partition coefficient (Wildman–Crippen LogP) is 0.251. The number of hydrogen-bond acceptors (Lipinski definition) is 4. The summed E-state index contributed by atoms with van der Waals surface area (Å²) in [5.74, 6) is -0.834. The zero-order chi connectivity index (χ0) is 12.3. The summed E-state index contributed by atoms with van der Waals surface area (Å²) >= 11 is 0. The molecule has 94 valence electrons. The second-order valence-electron chi connectivity index (χ2n) is 3.94. The van der Waals surface area contributed by atoms with Gasteiger partial charge in [0.15, 0.2) is 5.82 Å². The maximum absolute atomic E-state index is 13.3. The lowest BCUT2D eigenvalue weighted by molar-refractivity contribution is 0.530. The molecule has 1 atom stereocenters. The SMILES string of the molecule is O=S(=O)(NCC1CCCN1)c1ncccc1F. The topological polar surface area (TPSA) is 71.1 Å². The molecule has 1 aromatic heterocycles. The van der Waals surface area contributed by atoms with Crippen molar-refractivity contribution >= 4 is 10.0 Å². The molecule has 2 rings (SSSR count). The fourth-order valence-corrected chi connectivity index (χ4v) is 2.86. The molecule has 17 heavy (non-hydrogen) atoms. The van der Waals surface area contributed by atoms with Crippen molar-refractivity contribution in [2.24, 2.45) is 0 Å². The van der Waals surface area contributed by atoms with Crippen molar-refractivity contribution in [1.82, 2.24) is 15.0 Å². The molecule has 0 radical (unpaired) electrons. The van der Waals surface area contributed by atoms with E-state index in [4.69, 9.17) is 0 Å². The number of aromatic nitrogens is 1.